The van der Waals surface area contributed by atoms with Crippen LogP contribution >= 0.6 is 0 Å². The quantitative estimate of drug-likeness (QED) is 0.170. The molecule has 0 radical (unpaired) electrons. The van der Waals surface area contributed by atoms with Gasteiger partial charge in [0.25, 0.3) is 0 Å². The molecule has 0 saturated carbocycles. The maximum Gasteiger partial charge on any atom is 0.163 e. The van der Waals surface area contributed by atoms with Gasteiger partial charge in [-0.2, -0.15) is 5.26 Å². The molecular weight excluding hydrogens is 709 g/mol. The largest absolute Gasteiger partial charge is 0.454 e. The van der Waals surface area contributed by atoms with Crippen molar-refractivity contribution in [2.75, 3.05) is 0 Å². The van der Waals surface area contributed by atoms with Gasteiger partial charge in [-0.05, 0) is 34.9 Å². The molecule has 0 spiro atoms. The summed E-state index contributed by atoms with van der Waals surface area (Å²) in [6.07, 6.45) is 0. The zero-order valence-electron chi connectivity index (χ0n) is 31.2. The molecule has 0 saturated heterocycles. The van der Waals surface area contributed by atoms with Crippen molar-refractivity contribution in [2.45, 2.75) is 0 Å². The monoisotopic (exact) mass is 740 g/mol. The minimum atomic E-state index is 0.420. The molecule has 270 valence electrons. The Bertz CT molecular complexity index is 3320. The lowest BCUT2D eigenvalue weighted by atomic mass is 9.91. The number of hydrogen-bond donors (Lipinski definition) is 0. The van der Waals surface area contributed by atoms with Crippen molar-refractivity contribution in [1.29, 1.82) is 5.26 Å². The lowest BCUT2D eigenvalue weighted by Crippen LogP contribution is -2.07. The van der Waals surface area contributed by atoms with Crippen molar-refractivity contribution in [2.24, 2.45) is 0 Å². The van der Waals surface area contributed by atoms with Crippen LogP contribution in [0, 0.1) is 11.3 Å². The summed E-state index contributed by atoms with van der Waals surface area (Å²) in [7, 11) is 0. The van der Waals surface area contributed by atoms with E-state index in [0.717, 1.165) is 88.4 Å². The maximum absolute atomic E-state index is 10.9. The van der Waals surface area contributed by atoms with Crippen LogP contribution in [0.25, 0.3) is 106 Å². The van der Waals surface area contributed by atoms with Crippen molar-refractivity contribution in [3.63, 3.8) is 0 Å². The average Bonchev–Trinajstić information content (AvgIpc) is 3.85. The van der Waals surface area contributed by atoms with E-state index in [9.17, 15) is 5.26 Å². The standard InChI is InChI=1S/C53H32N4O/c54-33-44-48(36-21-9-3-10-22-36)55-53(56-49(44)37-23-11-4-12-24-37)47-38(34-17-5-1-6-18-34)29-30-39(35-19-7-2-8-20-35)50(47)57-45-27-15-13-25-40(45)42-31-32-43-41-26-14-16-28-46(41)58-52(43)51(42)57/h1-32H. The number of benzene rings is 8. The molecule has 8 aromatic carbocycles. The van der Waals surface area contributed by atoms with Crippen LogP contribution in [0.3, 0.4) is 0 Å². The highest BCUT2D eigenvalue weighted by Crippen LogP contribution is 2.48. The minimum Gasteiger partial charge on any atom is -0.454 e. The Morgan fingerprint density at radius 3 is 1.57 bits per heavy atom. The predicted octanol–water partition coefficient (Wildman–Crippen LogP) is 13.7. The number of nitrogens with zero attached hydrogens (tertiary/aromatic N) is 4. The fraction of sp³-hybridized carbons (Fsp3) is 0. The SMILES string of the molecule is N#Cc1c(-c2ccccc2)nc(-c2c(-c3ccccc3)ccc(-c3ccccc3)c2-n2c3ccccc3c3ccc4c5ccccc5oc4c32)nc1-c1ccccc1. The van der Waals surface area contributed by atoms with Crippen LogP contribution in [0.4, 0.5) is 0 Å². The Morgan fingerprint density at radius 2 is 0.948 bits per heavy atom. The van der Waals surface area contributed by atoms with Gasteiger partial charge in [-0.25, -0.2) is 9.97 Å². The van der Waals surface area contributed by atoms with Crippen molar-refractivity contribution in [3.8, 4) is 67.9 Å². The summed E-state index contributed by atoms with van der Waals surface area (Å²) < 4.78 is 9.23. The molecule has 3 aromatic heterocycles. The van der Waals surface area contributed by atoms with E-state index < -0.39 is 0 Å². The summed E-state index contributed by atoms with van der Waals surface area (Å²) in [6.45, 7) is 0. The third-order valence-electron chi connectivity index (χ3n) is 11.1. The molecular formula is C53H32N4O. The zero-order valence-corrected chi connectivity index (χ0v) is 31.2. The number of furan rings is 1. The first kappa shape index (κ1) is 33.3. The molecule has 0 aliphatic carbocycles. The van der Waals surface area contributed by atoms with Gasteiger partial charge in [-0.1, -0.05) is 176 Å². The van der Waals surface area contributed by atoms with E-state index in [4.69, 9.17) is 14.4 Å². The Morgan fingerprint density at radius 1 is 0.448 bits per heavy atom. The number of nitriles is 1. The van der Waals surface area contributed by atoms with E-state index >= 15 is 0 Å². The molecule has 58 heavy (non-hydrogen) atoms. The minimum absolute atomic E-state index is 0.420. The van der Waals surface area contributed by atoms with Crippen LogP contribution in [0.1, 0.15) is 5.56 Å². The van der Waals surface area contributed by atoms with E-state index in [2.05, 4.69) is 120 Å². The Kier molecular flexibility index (Phi) is 7.80. The topological polar surface area (TPSA) is 67.6 Å². The molecule has 5 heteroatoms. The van der Waals surface area contributed by atoms with Gasteiger partial charge in [-0.15, -0.1) is 0 Å². The highest BCUT2D eigenvalue weighted by atomic mass is 16.3. The fourth-order valence-corrected chi connectivity index (χ4v) is 8.51. The van der Waals surface area contributed by atoms with Crippen LogP contribution < -0.4 is 0 Å². The summed E-state index contributed by atoms with van der Waals surface area (Å²) in [5, 5.41) is 15.2. The van der Waals surface area contributed by atoms with Gasteiger partial charge in [0.15, 0.2) is 11.4 Å². The molecule has 0 unspecified atom stereocenters. The molecule has 0 aliphatic rings. The van der Waals surface area contributed by atoms with Gasteiger partial charge in [-0.3, -0.25) is 0 Å². The first-order valence-corrected chi connectivity index (χ1v) is 19.3. The Hall–Kier alpha value is -8.07. The van der Waals surface area contributed by atoms with Gasteiger partial charge in [0.2, 0.25) is 0 Å². The summed E-state index contributed by atoms with van der Waals surface area (Å²) in [4.78, 5) is 10.9. The van der Waals surface area contributed by atoms with Crippen LogP contribution in [-0.2, 0) is 0 Å². The second-order valence-electron chi connectivity index (χ2n) is 14.4. The van der Waals surface area contributed by atoms with Crippen molar-refractivity contribution < 1.29 is 4.42 Å². The van der Waals surface area contributed by atoms with Crippen molar-refractivity contribution in [3.05, 3.63) is 200 Å². The van der Waals surface area contributed by atoms with E-state index in [1.54, 1.807) is 0 Å². The molecule has 0 aliphatic heterocycles. The van der Waals surface area contributed by atoms with Gasteiger partial charge in [0.1, 0.15) is 17.2 Å². The fourth-order valence-electron chi connectivity index (χ4n) is 8.51. The van der Waals surface area contributed by atoms with Gasteiger partial charge < -0.3 is 8.98 Å². The third kappa shape index (κ3) is 5.24. The first-order chi connectivity index (χ1) is 28.8. The zero-order chi connectivity index (χ0) is 38.6. The number of aromatic nitrogens is 3. The van der Waals surface area contributed by atoms with E-state index in [1.165, 1.54) is 0 Å². The Balaban J connectivity index is 1.38. The molecule has 0 N–H and O–H groups in total. The second kappa shape index (κ2) is 13.6. The van der Waals surface area contributed by atoms with E-state index in [1.807, 2.05) is 84.9 Å². The number of rotatable bonds is 6. The van der Waals surface area contributed by atoms with Gasteiger partial charge in [0, 0.05) is 38.2 Å². The number of hydrogen-bond acceptors (Lipinski definition) is 4. The molecule has 5 nitrogen and oxygen atoms in total. The second-order valence-corrected chi connectivity index (χ2v) is 14.4. The average molecular weight is 741 g/mol. The van der Waals surface area contributed by atoms with Gasteiger partial charge in [0.05, 0.1) is 33.7 Å². The lowest BCUT2D eigenvalue weighted by molar-refractivity contribution is 0.671. The van der Waals surface area contributed by atoms with Crippen LogP contribution in [0.5, 0.6) is 0 Å². The first-order valence-electron chi connectivity index (χ1n) is 19.3. The Labute approximate surface area is 334 Å². The molecule has 0 amide bonds. The predicted molar refractivity (Wildman–Crippen MR) is 236 cm³/mol. The number of para-hydroxylation sites is 2. The summed E-state index contributed by atoms with van der Waals surface area (Å²) in [5.41, 5.74) is 12.6. The molecule has 0 atom stereocenters. The normalized spacial score (nSPS) is 11.4. The van der Waals surface area contributed by atoms with Crippen LogP contribution in [-0.4, -0.2) is 14.5 Å². The smallest absolute Gasteiger partial charge is 0.163 e. The summed E-state index contributed by atoms with van der Waals surface area (Å²) in [5.74, 6) is 0.506. The van der Waals surface area contributed by atoms with E-state index in [0.29, 0.717) is 22.8 Å². The third-order valence-corrected chi connectivity index (χ3v) is 11.1. The van der Waals surface area contributed by atoms with E-state index in [-0.39, 0.29) is 0 Å². The van der Waals surface area contributed by atoms with Crippen molar-refractivity contribution in [1.82, 2.24) is 14.5 Å². The molecule has 11 rings (SSSR count). The number of fused-ring (bicyclic) bond motifs is 7. The molecule has 11 aromatic rings. The lowest BCUT2D eigenvalue weighted by Gasteiger charge is -2.22. The molecule has 3 heterocycles. The van der Waals surface area contributed by atoms with Gasteiger partial charge >= 0.3 is 0 Å². The summed E-state index contributed by atoms with van der Waals surface area (Å²) in [6, 6.07) is 68.9. The van der Waals surface area contributed by atoms with Crippen LogP contribution in [0.2, 0.25) is 0 Å². The molecule has 0 bridgehead atoms. The van der Waals surface area contributed by atoms with Crippen LogP contribution in [0.15, 0.2) is 199 Å². The maximum atomic E-state index is 10.9. The highest BCUT2D eigenvalue weighted by molar-refractivity contribution is 6.22. The molecule has 0 fully saturated rings. The highest BCUT2D eigenvalue weighted by Gasteiger charge is 2.28. The summed E-state index contributed by atoms with van der Waals surface area (Å²) >= 11 is 0. The van der Waals surface area contributed by atoms with Crippen molar-refractivity contribution >= 4 is 43.7 Å².